The number of rotatable bonds is 5. The van der Waals surface area contributed by atoms with Crippen LogP contribution in [0.2, 0.25) is 0 Å². The summed E-state index contributed by atoms with van der Waals surface area (Å²) in [6.07, 6.45) is 11.0. The highest BCUT2D eigenvalue weighted by molar-refractivity contribution is 6.02. The molecule has 0 saturated heterocycles. The molecule has 1 amide bonds. The summed E-state index contributed by atoms with van der Waals surface area (Å²) in [6, 6.07) is 5.53. The van der Waals surface area contributed by atoms with Crippen LogP contribution in [0.15, 0.2) is 54.6 Å². The quantitative estimate of drug-likeness (QED) is 0.875. The number of carbonyl (C=O) groups is 1. The number of aryl methyl sites for hydroxylation is 1. The van der Waals surface area contributed by atoms with Gasteiger partial charge in [-0.2, -0.15) is 0 Å². The van der Waals surface area contributed by atoms with Crippen molar-refractivity contribution in [2.45, 2.75) is 26.3 Å². The molecule has 3 rings (SSSR count). The number of allylic oxidation sites excluding steroid dienone is 3. The number of ether oxygens (including phenoxy) is 1. The lowest BCUT2D eigenvalue weighted by molar-refractivity contribution is 0.102. The smallest absolute Gasteiger partial charge is 0.275 e. The molecule has 6 heteroatoms. The number of nitrogens with zero attached hydrogens (tertiary/aromatic N) is 2. The minimum absolute atomic E-state index is 0.234. The Morgan fingerprint density at radius 1 is 1.28 bits per heavy atom. The van der Waals surface area contributed by atoms with Gasteiger partial charge in [-0.1, -0.05) is 12.1 Å². The second kappa shape index (κ2) is 7.72. The van der Waals surface area contributed by atoms with Crippen molar-refractivity contribution in [3.63, 3.8) is 0 Å². The van der Waals surface area contributed by atoms with Crippen molar-refractivity contribution in [3.05, 3.63) is 71.5 Å². The molecule has 0 atom stereocenters. The molecule has 0 fully saturated rings. The van der Waals surface area contributed by atoms with Crippen molar-refractivity contribution < 1.29 is 9.53 Å². The maximum absolute atomic E-state index is 12.3. The van der Waals surface area contributed by atoms with Crippen molar-refractivity contribution in [1.82, 2.24) is 9.97 Å². The second-order valence-electron chi connectivity index (χ2n) is 5.72. The molecule has 2 aromatic rings. The molecule has 3 N–H and O–H groups in total. The predicted molar refractivity (Wildman–Crippen MR) is 96.1 cm³/mol. The van der Waals surface area contributed by atoms with E-state index in [1.807, 2.05) is 25.1 Å². The Balaban J connectivity index is 1.73. The first-order chi connectivity index (χ1) is 12.2. The molecule has 0 radical (unpaired) electrons. The molecule has 0 aliphatic heterocycles. The molecule has 0 saturated carbocycles. The van der Waals surface area contributed by atoms with Crippen LogP contribution < -0.4 is 15.8 Å². The molecule has 0 bridgehead atoms. The first kappa shape index (κ1) is 16.9. The van der Waals surface area contributed by atoms with Gasteiger partial charge < -0.3 is 15.8 Å². The molecule has 1 heterocycles. The Hall–Kier alpha value is -2.99. The first-order valence-corrected chi connectivity index (χ1v) is 8.13. The van der Waals surface area contributed by atoms with Gasteiger partial charge in [0, 0.05) is 18.3 Å². The molecule has 1 aliphatic rings. The van der Waals surface area contributed by atoms with E-state index in [1.165, 1.54) is 12.4 Å². The number of nitrogens with two attached hydrogens (primary N) is 1. The Labute approximate surface area is 146 Å². The highest BCUT2D eigenvalue weighted by atomic mass is 16.5. The van der Waals surface area contributed by atoms with Crippen LogP contribution in [0.3, 0.4) is 0 Å². The molecule has 0 unspecified atom stereocenters. The van der Waals surface area contributed by atoms with Crippen molar-refractivity contribution in [1.29, 1.82) is 0 Å². The van der Waals surface area contributed by atoms with E-state index in [4.69, 9.17) is 10.5 Å². The van der Waals surface area contributed by atoms with E-state index in [0.29, 0.717) is 17.1 Å². The van der Waals surface area contributed by atoms with E-state index in [0.717, 1.165) is 24.2 Å². The number of carbonyl (C=O) groups excluding carboxylic acids is 1. The van der Waals surface area contributed by atoms with Crippen LogP contribution in [0.5, 0.6) is 5.75 Å². The summed E-state index contributed by atoms with van der Waals surface area (Å²) in [5.41, 5.74) is 7.98. The lowest BCUT2D eigenvalue weighted by Gasteiger charge is -2.13. The molecule has 25 heavy (non-hydrogen) atoms. The lowest BCUT2D eigenvalue weighted by atomic mass is 10.1. The number of amides is 1. The first-order valence-electron chi connectivity index (χ1n) is 8.13. The van der Waals surface area contributed by atoms with Gasteiger partial charge in [-0.05, 0) is 43.5 Å². The molecule has 6 nitrogen and oxygen atoms in total. The highest BCUT2D eigenvalue weighted by Gasteiger charge is 2.11. The van der Waals surface area contributed by atoms with E-state index in [-0.39, 0.29) is 18.1 Å². The van der Waals surface area contributed by atoms with Crippen LogP contribution in [0, 0.1) is 6.92 Å². The normalized spacial score (nSPS) is 13.3. The maximum atomic E-state index is 12.3. The van der Waals surface area contributed by atoms with Crippen LogP contribution in [0.4, 0.5) is 5.69 Å². The van der Waals surface area contributed by atoms with Gasteiger partial charge in [0.2, 0.25) is 0 Å². The molecule has 1 aromatic carbocycles. The Kier molecular flexibility index (Phi) is 5.20. The highest BCUT2D eigenvalue weighted by Crippen LogP contribution is 2.26. The van der Waals surface area contributed by atoms with E-state index >= 15 is 0 Å². The number of aromatic nitrogens is 2. The van der Waals surface area contributed by atoms with Crippen molar-refractivity contribution in [2.24, 2.45) is 5.73 Å². The number of benzene rings is 1. The van der Waals surface area contributed by atoms with E-state index < -0.39 is 0 Å². The standard InChI is InChI=1S/C19H20N4O2/c1-13-7-8-14(9-18(13)25-16-5-3-2-4-6-16)23-19(24)17-12-21-15(10-20)11-22-17/h3,5-9,11-12H,2,4,10,20H2,1H3,(H,23,24). The third kappa shape index (κ3) is 4.30. The summed E-state index contributed by atoms with van der Waals surface area (Å²) in [5.74, 6) is 1.20. The van der Waals surface area contributed by atoms with Crippen LogP contribution in [-0.2, 0) is 6.54 Å². The molecular formula is C19H20N4O2. The fourth-order valence-corrected chi connectivity index (χ4v) is 2.35. The van der Waals surface area contributed by atoms with Crippen molar-refractivity contribution >= 4 is 11.6 Å². The van der Waals surface area contributed by atoms with Gasteiger partial charge in [-0.15, -0.1) is 0 Å². The monoisotopic (exact) mass is 336 g/mol. The van der Waals surface area contributed by atoms with Crippen LogP contribution in [-0.4, -0.2) is 15.9 Å². The van der Waals surface area contributed by atoms with Gasteiger partial charge in [-0.3, -0.25) is 9.78 Å². The number of nitrogens with one attached hydrogen (secondary N) is 1. The number of anilines is 1. The van der Waals surface area contributed by atoms with Gasteiger partial charge in [0.15, 0.2) is 0 Å². The zero-order valence-electron chi connectivity index (χ0n) is 14.0. The summed E-state index contributed by atoms with van der Waals surface area (Å²) in [5, 5.41) is 2.81. The molecule has 1 aliphatic carbocycles. The Bertz CT molecular complexity index is 826. The molecule has 1 aromatic heterocycles. The largest absolute Gasteiger partial charge is 0.457 e. The minimum Gasteiger partial charge on any atom is -0.457 e. The summed E-state index contributed by atoms with van der Waals surface area (Å²) in [7, 11) is 0. The Morgan fingerprint density at radius 3 is 2.84 bits per heavy atom. The van der Waals surface area contributed by atoms with Crippen LogP contribution in [0.1, 0.15) is 34.6 Å². The molecular weight excluding hydrogens is 316 g/mol. The van der Waals surface area contributed by atoms with Gasteiger partial charge in [-0.25, -0.2) is 4.98 Å². The summed E-state index contributed by atoms with van der Waals surface area (Å²) in [4.78, 5) is 20.4. The van der Waals surface area contributed by atoms with E-state index in [2.05, 4.69) is 27.4 Å². The van der Waals surface area contributed by atoms with E-state index in [1.54, 1.807) is 6.07 Å². The van der Waals surface area contributed by atoms with Gasteiger partial charge in [0.1, 0.15) is 17.2 Å². The fraction of sp³-hybridized carbons (Fsp3) is 0.211. The second-order valence-corrected chi connectivity index (χ2v) is 5.72. The van der Waals surface area contributed by atoms with Gasteiger partial charge in [0.05, 0.1) is 18.1 Å². The average molecular weight is 336 g/mol. The molecule has 0 spiro atoms. The third-order valence-corrected chi connectivity index (χ3v) is 3.78. The SMILES string of the molecule is Cc1ccc(NC(=O)c2cnc(CN)cn2)cc1OC1=CCCC=C1. The summed E-state index contributed by atoms with van der Waals surface area (Å²) < 4.78 is 5.93. The zero-order valence-corrected chi connectivity index (χ0v) is 14.0. The van der Waals surface area contributed by atoms with Crippen LogP contribution in [0.25, 0.3) is 0 Å². The third-order valence-electron chi connectivity index (χ3n) is 3.78. The van der Waals surface area contributed by atoms with Gasteiger partial charge >= 0.3 is 0 Å². The average Bonchev–Trinajstić information content (AvgIpc) is 2.65. The lowest BCUT2D eigenvalue weighted by Crippen LogP contribution is -2.15. The number of hydrogen-bond acceptors (Lipinski definition) is 5. The molecule has 128 valence electrons. The van der Waals surface area contributed by atoms with Crippen molar-refractivity contribution in [3.8, 4) is 5.75 Å². The van der Waals surface area contributed by atoms with Gasteiger partial charge in [0.25, 0.3) is 5.91 Å². The fourth-order valence-electron chi connectivity index (χ4n) is 2.35. The Morgan fingerprint density at radius 2 is 2.16 bits per heavy atom. The van der Waals surface area contributed by atoms with Crippen molar-refractivity contribution in [2.75, 3.05) is 5.32 Å². The topological polar surface area (TPSA) is 90.1 Å². The number of hydrogen-bond donors (Lipinski definition) is 2. The maximum Gasteiger partial charge on any atom is 0.275 e. The summed E-state index contributed by atoms with van der Waals surface area (Å²) in [6.45, 7) is 2.25. The minimum atomic E-state index is -0.331. The van der Waals surface area contributed by atoms with Crippen LogP contribution >= 0.6 is 0 Å². The van der Waals surface area contributed by atoms with E-state index in [9.17, 15) is 4.79 Å². The predicted octanol–water partition coefficient (Wildman–Crippen LogP) is 3.11. The zero-order chi connectivity index (χ0) is 17.6. The summed E-state index contributed by atoms with van der Waals surface area (Å²) >= 11 is 0.